The van der Waals surface area contributed by atoms with Gasteiger partial charge in [-0.1, -0.05) is 65.7 Å². The number of fused-ring (bicyclic) bond motifs is 1. The van der Waals surface area contributed by atoms with Gasteiger partial charge in [0.1, 0.15) is 11.9 Å². The van der Waals surface area contributed by atoms with Gasteiger partial charge in [0.25, 0.3) is 5.91 Å². The molecule has 3 aromatic carbocycles. The summed E-state index contributed by atoms with van der Waals surface area (Å²) in [5, 5.41) is 16.6. The van der Waals surface area contributed by atoms with E-state index >= 15 is 0 Å². The van der Waals surface area contributed by atoms with Crippen molar-refractivity contribution in [2.75, 3.05) is 12.4 Å². The largest absolute Gasteiger partial charge is 0.480 e. The third-order valence-corrected chi connectivity index (χ3v) is 6.31. The van der Waals surface area contributed by atoms with E-state index in [9.17, 15) is 14.7 Å². The van der Waals surface area contributed by atoms with E-state index in [1.807, 2.05) is 43.4 Å². The zero-order chi connectivity index (χ0) is 24.9. The smallest absolute Gasteiger partial charge is 0.326 e. The van der Waals surface area contributed by atoms with Gasteiger partial charge in [-0.15, -0.1) is 0 Å². The Morgan fingerprint density at radius 3 is 2.20 bits per heavy atom. The Labute approximate surface area is 212 Å². The normalized spacial score (nSPS) is 11.7. The Hall–Kier alpha value is -3.61. The molecule has 0 saturated heterocycles. The molecular weight excluding hydrogens is 485 g/mol. The molecule has 0 unspecified atom stereocenters. The lowest BCUT2D eigenvalue weighted by molar-refractivity contribution is -0.139. The van der Waals surface area contributed by atoms with Crippen LogP contribution in [0.15, 0.2) is 72.8 Å². The van der Waals surface area contributed by atoms with Gasteiger partial charge in [-0.25, -0.2) is 9.78 Å². The van der Waals surface area contributed by atoms with Gasteiger partial charge in [-0.2, -0.15) is 0 Å². The molecule has 0 aliphatic rings. The quantitative estimate of drug-likeness (QED) is 0.288. The first-order valence-electron chi connectivity index (χ1n) is 11.0. The molecule has 1 atom stereocenters. The van der Waals surface area contributed by atoms with Crippen LogP contribution in [0.1, 0.15) is 27.0 Å². The van der Waals surface area contributed by atoms with Crippen LogP contribution >= 0.6 is 23.2 Å². The fourth-order valence-electron chi connectivity index (χ4n) is 3.82. The molecule has 8 heteroatoms. The molecule has 0 bridgehead atoms. The standard InChI is InChI=1S/C27H23Cl2N3O3/c1-30-24-12-11-19-10-9-18(15-22(19)31-24)13-16-5-7-17(8-6-16)14-23(27(34)35)32-26(33)25-20(28)3-2-4-21(25)29/h2-12,15,23H,13-14H2,1H3,(H,30,31)(H,32,33)(H,34,35)/t23-/m0/s1. The number of nitrogens with zero attached hydrogens (tertiary/aromatic N) is 1. The number of carboxylic acid groups (broad SMARTS) is 1. The number of carbonyl (C=O) groups excluding carboxylic acids is 1. The number of hydrogen-bond acceptors (Lipinski definition) is 4. The fourth-order valence-corrected chi connectivity index (χ4v) is 4.39. The maximum Gasteiger partial charge on any atom is 0.326 e. The van der Waals surface area contributed by atoms with E-state index in [1.54, 1.807) is 6.07 Å². The highest BCUT2D eigenvalue weighted by Gasteiger charge is 2.23. The molecule has 0 saturated carbocycles. The van der Waals surface area contributed by atoms with E-state index in [1.165, 1.54) is 12.1 Å². The molecule has 0 aliphatic carbocycles. The summed E-state index contributed by atoms with van der Waals surface area (Å²) in [6.07, 6.45) is 0.835. The summed E-state index contributed by atoms with van der Waals surface area (Å²) in [5.74, 6) is -0.956. The van der Waals surface area contributed by atoms with Crippen LogP contribution in [0.4, 0.5) is 5.82 Å². The van der Waals surface area contributed by atoms with Crippen LogP contribution in [0.2, 0.25) is 10.0 Å². The van der Waals surface area contributed by atoms with Gasteiger partial charge in [-0.05, 0) is 53.4 Å². The number of nitrogens with one attached hydrogen (secondary N) is 2. The molecule has 4 aromatic rings. The SMILES string of the molecule is CNc1ccc2ccc(Cc3ccc(C[C@H](NC(=O)c4c(Cl)cccc4Cl)C(=O)O)cc3)cc2n1. The maximum atomic E-state index is 12.6. The van der Waals surface area contributed by atoms with Gasteiger partial charge < -0.3 is 15.7 Å². The molecule has 1 amide bonds. The highest BCUT2D eigenvalue weighted by Crippen LogP contribution is 2.24. The summed E-state index contributed by atoms with van der Waals surface area (Å²) in [4.78, 5) is 29.0. The molecule has 1 heterocycles. The van der Waals surface area contributed by atoms with E-state index in [2.05, 4.69) is 33.8 Å². The summed E-state index contributed by atoms with van der Waals surface area (Å²) in [7, 11) is 1.84. The van der Waals surface area contributed by atoms with Crippen molar-refractivity contribution < 1.29 is 14.7 Å². The number of carboxylic acids is 1. The lowest BCUT2D eigenvalue weighted by atomic mass is 9.99. The van der Waals surface area contributed by atoms with E-state index in [0.29, 0.717) is 6.42 Å². The molecule has 0 radical (unpaired) electrons. The van der Waals surface area contributed by atoms with E-state index < -0.39 is 17.9 Å². The Bertz CT molecular complexity index is 1370. The van der Waals surface area contributed by atoms with Gasteiger partial charge in [0.15, 0.2) is 0 Å². The number of rotatable bonds is 8. The third-order valence-electron chi connectivity index (χ3n) is 5.68. The van der Waals surface area contributed by atoms with Crippen molar-refractivity contribution in [3.63, 3.8) is 0 Å². The molecule has 0 aliphatic heterocycles. The molecule has 4 rings (SSSR count). The van der Waals surface area contributed by atoms with Gasteiger partial charge in [0, 0.05) is 18.9 Å². The summed E-state index contributed by atoms with van der Waals surface area (Å²) in [6.45, 7) is 0. The number of benzene rings is 3. The van der Waals surface area contributed by atoms with Gasteiger partial charge in [0.2, 0.25) is 0 Å². The third kappa shape index (κ3) is 5.91. The summed E-state index contributed by atoms with van der Waals surface area (Å²) in [6, 6.07) is 21.4. The molecule has 0 spiro atoms. The second-order valence-electron chi connectivity index (χ2n) is 8.13. The number of amides is 1. The van der Waals surface area contributed by atoms with E-state index in [4.69, 9.17) is 23.2 Å². The summed E-state index contributed by atoms with van der Waals surface area (Å²) in [5.41, 5.74) is 3.97. The molecule has 3 N–H and O–H groups in total. The highest BCUT2D eigenvalue weighted by atomic mass is 35.5. The lowest BCUT2D eigenvalue weighted by Gasteiger charge is -2.16. The zero-order valence-electron chi connectivity index (χ0n) is 18.9. The molecule has 0 fully saturated rings. The van der Waals surface area contributed by atoms with Crippen LogP contribution < -0.4 is 10.6 Å². The number of aliphatic carboxylic acids is 1. The van der Waals surface area contributed by atoms with Crippen LogP contribution in [-0.2, 0) is 17.6 Å². The lowest BCUT2D eigenvalue weighted by Crippen LogP contribution is -2.42. The monoisotopic (exact) mass is 507 g/mol. The average Bonchev–Trinajstić information content (AvgIpc) is 2.84. The summed E-state index contributed by atoms with van der Waals surface area (Å²) < 4.78 is 0. The van der Waals surface area contributed by atoms with Crippen molar-refractivity contribution in [1.29, 1.82) is 0 Å². The second kappa shape index (κ2) is 10.8. The van der Waals surface area contributed by atoms with Gasteiger partial charge >= 0.3 is 5.97 Å². The van der Waals surface area contributed by atoms with Crippen molar-refractivity contribution >= 4 is 51.8 Å². The first-order chi connectivity index (χ1) is 16.8. The Balaban J connectivity index is 1.45. The minimum atomic E-state index is -1.14. The number of pyridine rings is 1. The topological polar surface area (TPSA) is 91.3 Å². The molecule has 1 aromatic heterocycles. The minimum Gasteiger partial charge on any atom is -0.480 e. The van der Waals surface area contributed by atoms with Crippen molar-refractivity contribution in [3.05, 3.63) is 105 Å². The average molecular weight is 508 g/mol. The number of carbonyl (C=O) groups is 2. The fraction of sp³-hybridized carbons (Fsp3) is 0.148. The predicted octanol–water partition coefficient (Wildman–Crippen LogP) is 5.60. The predicted molar refractivity (Wildman–Crippen MR) is 140 cm³/mol. The van der Waals surface area contributed by atoms with Crippen molar-refractivity contribution in [2.45, 2.75) is 18.9 Å². The van der Waals surface area contributed by atoms with E-state index in [-0.39, 0.29) is 22.0 Å². The van der Waals surface area contributed by atoms with Crippen LogP contribution in [0.3, 0.4) is 0 Å². The number of aromatic nitrogens is 1. The highest BCUT2D eigenvalue weighted by molar-refractivity contribution is 6.39. The zero-order valence-corrected chi connectivity index (χ0v) is 20.4. The van der Waals surface area contributed by atoms with Crippen LogP contribution in [0, 0.1) is 0 Å². The van der Waals surface area contributed by atoms with Gasteiger partial charge in [-0.3, -0.25) is 4.79 Å². The van der Waals surface area contributed by atoms with Crippen molar-refractivity contribution in [2.24, 2.45) is 0 Å². The van der Waals surface area contributed by atoms with E-state index in [0.717, 1.165) is 33.4 Å². The van der Waals surface area contributed by atoms with Crippen molar-refractivity contribution in [1.82, 2.24) is 10.3 Å². The van der Waals surface area contributed by atoms with Crippen LogP contribution in [-0.4, -0.2) is 35.1 Å². The maximum absolute atomic E-state index is 12.6. The van der Waals surface area contributed by atoms with Gasteiger partial charge in [0.05, 0.1) is 21.1 Å². The molecule has 35 heavy (non-hydrogen) atoms. The Morgan fingerprint density at radius 2 is 1.54 bits per heavy atom. The van der Waals surface area contributed by atoms with Crippen LogP contribution in [0.25, 0.3) is 10.9 Å². The van der Waals surface area contributed by atoms with Crippen molar-refractivity contribution in [3.8, 4) is 0 Å². The van der Waals surface area contributed by atoms with Crippen LogP contribution in [0.5, 0.6) is 0 Å². The second-order valence-corrected chi connectivity index (χ2v) is 8.95. The first kappa shape index (κ1) is 24.5. The molecule has 178 valence electrons. The molecule has 6 nitrogen and oxygen atoms in total. The Kier molecular flexibility index (Phi) is 7.54. The molecular formula is C27H23Cl2N3O3. The number of hydrogen-bond donors (Lipinski definition) is 3. The number of halogens is 2. The number of anilines is 1. The minimum absolute atomic E-state index is 0.0594. The summed E-state index contributed by atoms with van der Waals surface area (Å²) >= 11 is 12.2. The Morgan fingerprint density at radius 1 is 0.914 bits per heavy atom. The first-order valence-corrected chi connectivity index (χ1v) is 11.7.